The average molecular weight is 329 g/mol. The van der Waals surface area contributed by atoms with Crippen LogP contribution in [0.1, 0.15) is 31.2 Å². The molecule has 0 aromatic heterocycles. The van der Waals surface area contributed by atoms with Crippen LogP contribution in [0.15, 0.2) is 30.3 Å². The molecule has 1 aromatic rings. The summed E-state index contributed by atoms with van der Waals surface area (Å²) in [6.07, 6.45) is 0.868. The van der Waals surface area contributed by atoms with Gasteiger partial charge in [0.1, 0.15) is 0 Å². The molecule has 0 spiro atoms. The number of carbonyl (C=O) groups is 1. The zero-order valence-electron chi connectivity index (χ0n) is 14.5. The maximum atomic E-state index is 12.7. The quantitative estimate of drug-likeness (QED) is 0.734. The third-order valence-corrected chi connectivity index (χ3v) is 4.49. The standard InChI is InChI=1S/C19H27N3O2/c1-17(18-6-3-2-4-7-18)16-19(23)22(9-5-8-20)11-10-21-12-14-24-15-13-21/h2-4,6-7,17H,5,9-16H2,1H3. The third kappa shape index (κ3) is 5.95. The summed E-state index contributed by atoms with van der Waals surface area (Å²) in [4.78, 5) is 16.8. The van der Waals surface area contributed by atoms with Crippen LogP contribution in [-0.4, -0.2) is 61.6 Å². The molecule has 5 nitrogen and oxygen atoms in total. The van der Waals surface area contributed by atoms with Crippen molar-refractivity contribution in [1.82, 2.24) is 9.80 Å². The van der Waals surface area contributed by atoms with Crippen LogP contribution in [0.2, 0.25) is 0 Å². The smallest absolute Gasteiger partial charge is 0.223 e. The van der Waals surface area contributed by atoms with Gasteiger partial charge in [-0.2, -0.15) is 5.26 Å². The highest BCUT2D eigenvalue weighted by Gasteiger charge is 2.19. The molecule has 5 heteroatoms. The summed E-state index contributed by atoms with van der Waals surface area (Å²) in [6.45, 7) is 7.48. The number of amides is 1. The Balaban J connectivity index is 1.87. The predicted molar refractivity (Wildman–Crippen MR) is 93.5 cm³/mol. The fraction of sp³-hybridized carbons (Fsp3) is 0.579. The van der Waals surface area contributed by atoms with Gasteiger partial charge >= 0.3 is 0 Å². The molecule has 1 aromatic carbocycles. The molecular formula is C19H27N3O2. The number of benzene rings is 1. The number of hydrogen-bond donors (Lipinski definition) is 0. The molecule has 1 amide bonds. The molecule has 1 aliphatic rings. The van der Waals surface area contributed by atoms with Crippen LogP contribution in [-0.2, 0) is 9.53 Å². The van der Waals surface area contributed by atoms with Crippen molar-refractivity contribution in [2.24, 2.45) is 0 Å². The van der Waals surface area contributed by atoms with Crippen LogP contribution in [0.25, 0.3) is 0 Å². The van der Waals surface area contributed by atoms with Crippen molar-refractivity contribution in [3.8, 4) is 6.07 Å². The van der Waals surface area contributed by atoms with Crippen LogP contribution >= 0.6 is 0 Å². The van der Waals surface area contributed by atoms with Crippen molar-refractivity contribution in [3.63, 3.8) is 0 Å². The lowest BCUT2D eigenvalue weighted by Crippen LogP contribution is -2.43. The van der Waals surface area contributed by atoms with Crippen molar-refractivity contribution < 1.29 is 9.53 Å². The van der Waals surface area contributed by atoms with E-state index in [1.54, 1.807) is 0 Å². The number of morpholine rings is 1. The van der Waals surface area contributed by atoms with Crippen molar-refractivity contribution in [2.75, 3.05) is 45.9 Å². The highest BCUT2D eigenvalue weighted by Crippen LogP contribution is 2.19. The minimum atomic E-state index is 0.134. The Kier molecular flexibility index (Phi) is 7.73. The van der Waals surface area contributed by atoms with Crippen molar-refractivity contribution in [2.45, 2.75) is 25.7 Å². The second kappa shape index (κ2) is 10.1. The van der Waals surface area contributed by atoms with Gasteiger partial charge in [-0.3, -0.25) is 9.69 Å². The molecule has 1 atom stereocenters. The molecule has 0 bridgehead atoms. The first-order valence-electron chi connectivity index (χ1n) is 8.70. The van der Waals surface area contributed by atoms with Gasteiger partial charge in [-0.05, 0) is 11.5 Å². The first kappa shape index (κ1) is 18.4. The Hall–Kier alpha value is -1.90. The van der Waals surface area contributed by atoms with Crippen LogP contribution in [0.5, 0.6) is 0 Å². The largest absolute Gasteiger partial charge is 0.379 e. The molecule has 1 fully saturated rings. The Labute approximate surface area is 144 Å². The molecular weight excluding hydrogens is 302 g/mol. The molecule has 2 rings (SSSR count). The van der Waals surface area contributed by atoms with Gasteiger partial charge in [-0.25, -0.2) is 0 Å². The van der Waals surface area contributed by atoms with E-state index < -0.39 is 0 Å². The number of nitrogens with zero attached hydrogens (tertiary/aromatic N) is 3. The summed E-state index contributed by atoms with van der Waals surface area (Å²) >= 11 is 0. The maximum absolute atomic E-state index is 12.7. The Morgan fingerprint density at radius 1 is 1.29 bits per heavy atom. The minimum absolute atomic E-state index is 0.134. The second-order valence-corrected chi connectivity index (χ2v) is 6.26. The van der Waals surface area contributed by atoms with Gasteiger partial charge in [0.05, 0.1) is 25.7 Å². The van der Waals surface area contributed by atoms with E-state index in [4.69, 9.17) is 10.00 Å². The van der Waals surface area contributed by atoms with Gasteiger partial charge < -0.3 is 9.64 Å². The SMILES string of the molecule is CC(CC(=O)N(CCC#N)CCN1CCOCC1)c1ccccc1. The second-order valence-electron chi connectivity index (χ2n) is 6.26. The molecule has 24 heavy (non-hydrogen) atoms. The zero-order chi connectivity index (χ0) is 17.2. The summed E-state index contributed by atoms with van der Waals surface area (Å²) in [6, 6.07) is 12.3. The number of ether oxygens (including phenoxy) is 1. The van der Waals surface area contributed by atoms with Crippen LogP contribution < -0.4 is 0 Å². The lowest BCUT2D eigenvalue weighted by Gasteiger charge is -2.30. The molecule has 0 radical (unpaired) electrons. The van der Waals surface area contributed by atoms with Gasteiger partial charge in [-0.1, -0.05) is 37.3 Å². The van der Waals surface area contributed by atoms with E-state index in [0.29, 0.717) is 25.9 Å². The van der Waals surface area contributed by atoms with Crippen molar-refractivity contribution in [3.05, 3.63) is 35.9 Å². The number of carbonyl (C=O) groups excluding carboxylic acids is 1. The zero-order valence-corrected chi connectivity index (χ0v) is 14.5. The number of hydrogen-bond acceptors (Lipinski definition) is 4. The summed E-state index contributed by atoms with van der Waals surface area (Å²) in [5.74, 6) is 0.321. The van der Waals surface area contributed by atoms with E-state index >= 15 is 0 Å². The van der Waals surface area contributed by atoms with E-state index in [-0.39, 0.29) is 11.8 Å². The average Bonchev–Trinajstić information content (AvgIpc) is 2.63. The minimum Gasteiger partial charge on any atom is -0.379 e. The monoisotopic (exact) mass is 329 g/mol. The predicted octanol–water partition coefficient (Wildman–Crippen LogP) is 2.25. The van der Waals surface area contributed by atoms with Crippen LogP contribution in [0.4, 0.5) is 0 Å². The Morgan fingerprint density at radius 2 is 2.00 bits per heavy atom. The van der Waals surface area contributed by atoms with E-state index in [1.807, 2.05) is 23.1 Å². The maximum Gasteiger partial charge on any atom is 0.223 e. The molecule has 1 saturated heterocycles. The van der Waals surface area contributed by atoms with Gasteiger partial charge in [0, 0.05) is 39.1 Å². The summed E-state index contributed by atoms with van der Waals surface area (Å²) < 4.78 is 5.36. The summed E-state index contributed by atoms with van der Waals surface area (Å²) in [7, 11) is 0. The van der Waals surface area contributed by atoms with Gasteiger partial charge in [0.2, 0.25) is 5.91 Å². The molecule has 1 unspecified atom stereocenters. The number of nitriles is 1. The first-order chi connectivity index (χ1) is 11.7. The van der Waals surface area contributed by atoms with Gasteiger partial charge in [0.15, 0.2) is 0 Å². The fourth-order valence-electron chi connectivity index (χ4n) is 2.92. The van der Waals surface area contributed by atoms with E-state index in [9.17, 15) is 4.79 Å². The van der Waals surface area contributed by atoms with E-state index in [1.165, 1.54) is 5.56 Å². The van der Waals surface area contributed by atoms with Crippen LogP contribution in [0.3, 0.4) is 0 Å². The topological polar surface area (TPSA) is 56.6 Å². The molecule has 0 N–H and O–H groups in total. The lowest BCUT2D eigenvalue weighted by molar-refractivity contribution is -0.131. The van der Waals surface area contributed by atoms with Crippen molar-refractivity contribution in [1.29, 1.82) is 5.26 Å². The summed E-state index contributed by atoms with van der Waals surface area (Å²) in [5.41, 5.74) is 1.18. The number of rotatable bonds is 8. The molecule has 0 aliphatic carbocycles. The Bertz CT molecular complexity index is 535. The van der Waals surface area contributed by atoms with Crippen molar-refractivity contribution >= 4 is 5.91 Å². The molecule has 0 saturated carbocycles. The highest BCUT2D eigenvalue weighted by atomic mass is 16.5. The highest BCUT2D eigenvalue weighted by molar-refractivity contribution is 5.77. The molecule has 1 heterocycles. The van der Waals surface area contributed by atoms with Gasteiger partial charge in [0.25, 0.3) is 0 Å². The lowest BCUT2D eigenvalue weighted by atomic mass is 9.97. The molecule has 130 valence electrons. The van der Waals surface area contributed by atoms with Crippen LogP contribution in [0, 0.1) is 11.3 Å². The van der Waals surface area contributed by atoms with Gasteiger partial charge in [-0.15, -0.1) is 0 Å². The third-order valence-electron chi connectivity index (χ3n) is 4.49. The van der Waals surface area contributed by atoms with E-state index in [2.05, 4.69) is 30.0 Å². The first-order valence-corrected chi connectivity index (χ1v) is 8.70. The molecule has 1 aliphatic heterocycles. The fourth-order valence-corrected chi connectivity index (χ4v) is 2.92. The summed E-state index contributed by atoms with van der Waals surface area (Å²) in [5, 5.41) is 8.86. The normalized spacial score (nSPS) is 16.3. The van der Waals surface area contributed by atoms with E-state index in [0.717, 1.165) is 32.8 Å². The Morgan fingerprint density at radius 3 is 2.67 bits per heavy atom.